The highest BCUT2D eigenvalue weighted by molar-refractivity contribution is 6.30. The highest BCUT2D eigenvalue weighted by atomic mass is 35.5. The van der Waals surface area contributed by atoms with Gasteiger partial charge in [0.05, 0.1) is 18.4 Å². The third kappa shape index (κ3) is 3.00. The maximum atomic E-state index is 13.8. The van der Waals surface area contributed by atoms with Crippen molar-refractivity contribution in [3.63, 3.8) is 0 Å². The largest absolute Gasteiger partial charge is 0.497 e. The standard InChI is InChI=1S/C25H21ClN2O3/c1-31-20-12-6-17(7-13-20)16-27-24(30)21-4-2-3-5-22(21)28-23(29)14-15-25(27,28)18-8-10-19(26)11-9-18/h2-13H,14-16H2,1H3. The Bertz CT molecular complexity index is 1160. The minimum atomic E-state index is -0.896. The number of ether oxygens (including phenoxy) is 1. The van der Waals surface area contributed by atoms with Crippen LogP contribution in [0.3, 0.4) is 0 Å². The van der Waals surface area contributed by atoms with E-state index < -0.39 is 5.66 Å². The first-order valence-electron chi connectivity index (χ1n) is 10.2. The minimum Gasteiger partial charge on any atom is -0.497 e. The van der Waals surface area contributed by atoms with Crippen LogP contribution < -0.4 is 9.64 Å². The average Bonchev–Trinajstić information content (AvgIpc) is 3.15. The summed E-state index contributed by atoms with van der Waals surface area (Å²) < 4.78 is 5.26. The van der Waals surface area contributed by atoms with Crippen LogP contribution in [0, 0.1) is 0 Å². The second kappa shape index (κ2) is 7.43. The molecule has 1 unspecified atom stereocenters. The fourth-order valence-electron chi connectivity index (χ4n) is 4.73. The maximum absolute atomic E-state index is 13.8. The van der Waals surface area contributed by atoms with Crippen LogP contribution in [0.2, 0.25) is 5.02 Å². The zero-order chi connectivity index (χ0) is 21.6. The van der Waals surface area contributed by atoms with E-state index in [0.717, 1.165) is 16.9 Å². The molecule has 0 radical (unpaired) electrons. The quantitative estimate of drug-likeness (QED) is 0.584. The van der Waals surface area contributed by atoms with Gasteiger partial charge in [-0.1, -0.05) is 48.0 Å². The van der Waals surface area contributed by atoms with Crippen molar-refractivity contribution < 1.29 is 14.3 Å². The summed E-state index contributed by atoms with van der Waals surface area (Å²) in [4.78, 5) is 30.6. The van der Waals surface area contributed by atoms with E-state index in [9.17, 15) is 9.59 Å². The molecule has 6 heteroatoms. The first-order valence-corrected chi connectivity index (χ1v) is 10.6. The van der Waals surface area contributed by atoms with Crippen molar-refractivity contribution in [2.24, 2.45) is 0 Å². The van der Waals surface area contributed by atoms with E-state index in [1.165, 1.54) is 0 Å². The van der Waals surface area contributed by atoms with Crippen LogP contribution in [0.5, 0.6) is 5.75 Å². The number of fused-ring (bicyclic) bond motifs is 3. The summed E-state index contributed by atoms with van der Waals surface area (Å²) in [5, 5.41) is 0.611. The van der Waals surface area contributed by atoms with Crippen LogP contribution in [-0.2, 0) is 17.0 Å². The highest BCUT2D eigenvalue weighted by Gasteiger charge is 2.56. The Balaban J connectivity index is 1.70. The molecule has 156 valence electrons. The predicted molar refractivity (Wildman–Crippen MR) is 119 cm³/mol. The molecule has 0 aromatic heterocycles. The first kappa shape index (κ1) is 19.6. The number of benzene rings is 3. The first-order chi connectivity index (χ1) is 15.0. The van der Waals surface area contributed by atoms with Crippen LogP contribution in [0.1, 0.15) is 34.3 Å². The van der Waals surface area contributed by atoms with Crippen molar-refractivity contribution >= 4 is 29.1 Å². The molecule has 31 heavy (non-hydrogen) atoms. The Labute approximate surface area is 185 Å². The number of anilines is 1. The van der Waals surface area contributed by atoms with Gasteiger partial charge in [-0.2, -0.15) is 0 Å². The Morgan fingerprint density at radius 1 is 0.968 bits per heavy atom. The molecular formula is C25H21ClN2O3. The van der Waals surface area contributed by atoms with Gasteiger partial charge in [0.2, 0.25) is 5.91 Å². The number of halogens is 1. The second-order valence-corrected chi connectivity index (χ2v) is 8.25. The lowest BCUT2D eigenvalue weighted by atomic mass is 9.89. The number of rotatable bonds is 4. The molecule has 3 aromatic carbocycles. The minimum absolute atomic E-state index is 0.00892. The van der Waals surface area contributed by atoms with E-state index in [1.54, 1.807) is 18.1 Å². The van der Waals surface area contributed by atoms with Gasteiger partial charge in [0.1, 0.15) is 11.4 Å². The fourth-order valence-corrected chi connectivity index (χ4v) is 4.85. The van der Waals surface area contributed by atoms with E-state index in [-0.39, 0.29) is 11.8 Å². The van der Waals surface area contributed by atoms with Crippen LogP contribution in [0.4, 0.5) is 5.69 Å². The fraction of sp³-hybridized carbons (Fsp3) is 0.200. The highest BCUT2D eigenvalue weighted by Crippen LogP contribution is 2.50. The Morgan fingerprint density at radius 3 is 2.39 bits per heavy atom. The smallest absolute Gasteiger partial charge is 0.258 e. The van der Waals surface area contributed by atoms with Crippen molar-refractivity contribution in [3.8, 4) is 5.75 Å². The summed E-state index contributed by atoms with van der Waals surface area (Å²) in [5.41, 5.74) is 2.14. The number of hydrogen-bond acceptors (Lipinski definition) is 3. The molecule has 2 heterocycles. The number of hydrogen-bond donors (Lipinski definition) is 0. The van der Waals surface area contributed by atoms with Gasteiger partial charge >= 0.3 is 0 Å². The lowest BCUT2D eigenvalue weighted by Crippen LogP contribution is -2.61. The lowest BCUT2D eigenvalue weighted by molar-refractivity contribution is -0.118. The second-order valence-electron chi connectivity index (χ2n) is 7.81. The van der Waals surface area contributed by atoms with Crippen LogP contribution in [-0.4, -0.2) is 23.8 Å². The van der Waals surface area contributed by atoms with Crippen molar-refractivity contribution in [2.75, 3.05) is 12.0 Å². The molecule has 0 aliphatic carbocycles. The normalized spacial score (nSPS) is 19.9. The van der Waals surface area contributed by atoms with Crippen LogP contribution in [0.25, 0.3) is 0 Å². The molecule has 2 aliphatic rings. The average molecular weight is 433 g/mol. The van der Waals surface area contributed by atoms with Gasteiger partial charge < -0.3 is 9.64 Å². The van der Waals surface area contributed by atoms with E-state index in [4.69, 9.17) is 16.3 Å². The molecule has 3 aromatic rings. The van der Waals surface area contributed by atoms with Gasteiger partial charge in [-0.05, 0) is 47.5 Å². The Hall–Kier alpha value is -3.31. The van der Waals surface area contributed by atoms with E-state index in [1.807, 2.05) is 71.6 Å². The SMILES string of the molecule is COc1ccc(CN2C(=O)c3ccccc3N3C(=O)CCC23c2ccc(Cl)cc2)cc1. The summed E-state index contributed by atoms with van der Waals surface area (Å²) in [6, 6.07) is 22.4. The summed E-state index contributed by atoms with van der Waals surface area (Å²) >= 11 is 6.15. The Kier molecular flexibility index (Phi) is 4.71. The van der Waals surface area contributed by atoms with Gasteiger partial charge in [0.25, 0.3) is 5.91 Å². The molecule has 0 bridgehead atoms. The molecule has 2 amide bonds. The third-order valence-corrected chi connectivity index (χ3v) is 6.43. The van der Waals surface area contributed by atoms with Gasteiger partial charge in [-0.3, -0.25) is 14.5 Å². The van der Waals surface area contributed by atoms with Crippen LogP contribution >= 0.6 is 11.6 Å². The van der Waals surface area contributed by atoms with Crippen molar-refractivity contribution in [1.29, 1.82) is 0 Å². The summed E-state index contributed by atoms with van der Waals surface area (Å²) in [6.45, 7) is 0.365. The molecular weight excluding hydrogens is 412 g/mol. The van der Waals surface area contributed by atoms with Crippen molar-refractivity contribution in [2.45, 2.75) is 25.0 Å². The van der Waals surface area contributed by atoms with Gasteiger partial charge in [-0.25, -0.2) is 0 Å². The molecule has 0 spiro atoms. The zero-order valence-corrected chi connectivity index (χ0v) is 17.8. The van der Waals surface area contributed by atoms with Gasteiger partial charge in [0, 0.05) is 24.4 Å². The van der Waals surface area contributed by atoms with Crippen LogP contribution in [0.15, 0.2) is 72.8 Å². The summed E-state index contributed by atoms with van der Waals surface area (Å²) in [5.74, 6) is 0.672. The monoisotopic (exact) mass is 432 g/mol. The van der Waals surface area contributed by atoms with Crippen molar-refractivity contribution in [3.05, 3.63) is 94.5 Å². The number of carbonyl (C=O) groups excluding carboxylic acids is 2. The molecule has 5 rings (SSSR count). The van der Waals surface area contributed by atoms with E-state index in [0.29, 0.717) is 35.7 Å². The number of nitrogens with zero attached hydrogens (tertiary/aromatic N) is 2. The third-order valence-electron chi connectivity index (χ3n) is 6.18. The Morgan fingerprint density at radius 2 is 1.68 bits per heavy atom. The lowest BCUT2D eigenvalue weighted by Gasteiger charge is -2.51. The number of para-hydroxylation sites is 1. The van der Waals surface area contributed by atoms with E-state index >= 15 is 0 Å². The number of carbonyl (C=O) groups is 2. The van der Waals surface area contributed by atoms with Crippen molar-refractivity contribution in [1.82, 2.24) is 4.90 Å². The number of methoxy groups -OCH3 is 1. The summed E-state index contributed by atoms with van der Waals surface area (Å²) in [6.07, 6.45) is 0.882. The predicted octanol–water partition coefficient (Wildman–Crippen LogP) is 4.98. The molecule has 1 saturated heterocycles. The number of amides is 2. The molecule has 1 fully saturated rings. The summed E-state index contributed by atoms with van der Waals surface area (Å²) in [7, 11) is 1.62. The molecule has 0 saturated carbocycles. The van der Waals surface area contributed by atoms with E-state index in [2.05, 4.69) is 0 Å². The van der Waals surface area contributed by atoms with Gasteiger partial charge in [-0.15, -0.1) is 0 Å². The molecule has 0 N–H and O–H groups in total. The topological polar surface area (TPSA) is 49.9 Å². The van der Waals surface area contributed by atoms with Gasteiger partial charge in [0.15, 0.2) is 0 Å². The molecule has 2 aliphatic heterocycles. The molecule has 5 nitrogen and oxygen atoms in total. The zero-order valence-electron chi connectivity index (χ0n) is 17.0. The maximum Gasteiger partial charge on any atom is 0.258 e. The molecule has 1 atom stereocenters.